The third kappa shape index (κ3) is 1.50. The predicted octanol–water partition coefficient (Wildman–Crippen LogP) is 1.73. The number of nitrogens with zero attached hydrogens (tertiary/aromatic N) is 1. The van der Waals surface area contributed by atoms with E-state index < -0.39 is 0 Å². The van der Waals surface area contributed by atoms with Crippen molar-refractivity contribution in [2.24, 2.45) is 0 Å². The molecule has 0 bridgehead atoms. The number of hydrogen-bond donors (Lipinski definition) is 1. The SMILES string of the molecule is N=Cc1ccc(Cl)nc1. The van der Waals surface area contributed by atoms with Crippen LogP contribution in [0, 0.1) is 5.41 Å². The third-order valence-electron chi connectivity index (χ3n) is 0.917. The fraction of sp³-hybridized carbons (Fsp3) is 0. The van der Waals surface area contributed by atoms with Crippen LogP contribution in [0.5, 0.6) is 0 Å². The zero-order chi connectivity index (χ0) is 6.69. The van der Waals surface area contributed by atoms with Gasteiger partial charge < -0.3 is 5.41 Å². The standard InChI is InChI=1S/C6H5ClN2/c7-6-2-1-5(3-8)4-9-6/h1-4,8H. The summed E-state index contributed by atoms with van der Waals surface area (Å²) in [5, 5.41) is 7.26. The molecular formula is C6H5ClN2. The van der Waals surface area contributed by atoms with Crippen molar-refractivity contribution in [3.05, 3.63) is 29.0 Å². The van der Waals surface area contributed by atoms with E-state index in [1.54, 1.807) is 18.3 Å². The Bertz CT molecular complexity index is 205. The van der Waals surface area contributed by atoms with Gasteiger partial charge in [-0.3, -0.25) is 0 Å². The Kier molecular flexibility index (Phi) is 1.80. The number of halogens is 1. The molecule has 0 aromatic carbocycles. The molecule has 0 amide bonds. The van der Waals surface area contributed by atoms with Crippen LogP contribution < -0.4 is 0 Å². The molecule has 1 rings (SSSR count). The van der Waals surface area contributed by atoms with Crippen LogP contribution in [0.25, 0.3) is 0 Å². The second kappa shape index (κ2) is 2.60. The van der Waals surface area contributed by atoms with Crippen LogP contribution in [-0.4, -0.2) is 11.2 Å². The first kappa shape index (κ1) is 6.23. The number of pyridine rings is 1. The van der Waals surface area contributed by atoms with Crippen LogP contribution in [0.2, 0.25) is 5.15 Å². The Balaban J connectivity index is 3.01. The summed E-state index contributed by atoms with van der Waals surface area (Å²) in [6.07, 6.45) is 2.78. The lowest BCUT2D eigenvalue weighted by atomic mass is 10.3. The Hall–Kier alpha value is -0.890. The van der Waals surface area contributed by atoms with Crippen molar-refractivity contribution in [1.82, 2.24) is 4.98 Å². The molecule has 9 heavy (non-hydrogen) atoms. The minimum Gasteiger partial charge on any atom is -0.308 e. The zero-order valence-corrected chi connectivity index (χ0v) is 5.39. The van der Waals surface area contributed by atoms with E-state index in [1.807, 2.05) is 0 Å². The maximum Gasteiger partial charge on any atom is 0.129 e. The van der Waals surface area contributed by atoms with Gasteiger partial charge in [0.15, 0.2) is 0 Å². The molecule has 0 saturated heterocycles. The van der Waals surface area contributed by atoms with Gasteiger partial charge in [-0.2, -0.15) is 0 Å². The van der Waals surface area contributed by atoms with Gasteiger partial charge in [0.05, 0.1) is 0 Å². The molecule has 46 valence electrons. The van der Waals surface area contributed by atoms with Crippen LogP contribution >= 0.6 is 11.6 Å². The lowest BCUT2D eigenvalue weighted by Gasteiger charge is -1.88. The average Bonchev–Trinajstić information content (AvgIpc) is 1.90. The third-order valence-corrected chi connectivity index (χ3v) is 1.14. The molecule has 0 aliphatic rings. The van der Waals surface area contributed by atoms with Gasteiger partial charge in [0.1, 0.15) is 5.15 Å². The molecule has 0 unspecified atom stereocenters. The highest BCUT2D eigenvalue weighted by Gasteiger charge is 1.86. The van der Waals surface area contributed by atoms with Crippen molar-refractivity contribution < 1.29 is 0 Å². The molecule has 3 heteroatoms. The largest absolute Gasteiger partial charge is 0.308 e. The summed E-state index contributed by atoms with van der Waals surface area (Å²) in [5.74, 6) is 0. The van der Waals surface area contributed by atoms with Crippen molar-refractivity contribution in [3.8, 4) is 0 Å². The summed E-state index contributed by atoms with van der Waals surface area (Å²) in [7, 11) is 0. The van der Waals surface area contributed by atoms with Crippen molar-refractivity contribution in [3.63, 3.8) is 0 Å². The summed E-state index contributed by atoms with van der Waals surface area (Å²) in [5.41, 5.74) is 0.763. The molecule has 0 aliphatic carbocycles. The first-order chi connectivity index (χ1) is 4.33. The van der Waals surface area contributed by atoms with E-state index in [0.717, 1.165) is 5.56 Å². The lowest BCUT2D eigenvalue weighted by Crippen LogP contribution is -1.79. The van der Waals surface area contributed by atoms with Crippen molar-refractivity contribution in [1.29, 1.82) is 5.41 Å². The Morgan fingerprint density at radius 1 is 1.56 bits per heavy atom. The van der Waals surface area contributed by atoms with E-state index in [2.05, 4.69) is 4.98 Å². The van der Waals surface area contributed by atoms with Crippen LogP contribution in [0.3, 0.4) is 0 Å². The first-order valence-electron chi connectivity index (χ1n) is 2.45. The Morgan fingerprint density at radius 3 is 2.78 bits per heavy atom. The second-order valence-electron chi connectivity index (χ2n) is 1.56. The van der Waals surface area contributed by atoms with Gasteiger partial charge in [0.2, 0.25) is 0 Å². The zero-order valence-electron chi connectivity index (χ0n) is 4.63. The van der Waals surface area contributed by atoms with Crippen LogP contribution in [0.1, 0.15) is 5.56 Å². The van der Waals surface area contributed by atoms with E-state index in [9.17, 15) is 0 Å². The number of rotatable bonds is 1. The lowest BCUT2D eigenvalue weighted by molar-refractivity contribution is 1.32. The van der Waals surface area contributed by atoms with Gasteiger partial charge in [0, 0.05) is 18.0 Å². The summed E-state index contributed by atoms with van der Waals surface area (Å²) < 4.78 is 0. The topological polar surface area (TPSA) is 36.7 Å². The van der Waals surface area contributed by atoms with E-state index >= 15 is 0 Å². The number of nitrogens with one attached hydrogen (secondary N) is 1. The highest BCUT2D eigenvalue weighted by atomic mass is 35.5. The average molecular weight is 141 g/mol. The molecule has 1 N–H and O–H groups in total. The summed E-state index contributed by atoms with van der Waals surface area (Å²) in [4.78, 5) is 3.76. The maximum absolute atomic E-state index is 6.81. The van der Waals surface area contributed by atoms with E-state index in [0.29, 0.717) is 5.15 Å². The van der Waals surface area contributed by atoms with Gasteiger partial charge in [-0.25, -0.2) is 4.98 Å². The summed E-state index contributed by atoms with van der Waals surface area (Å²) in [6, 6.07) is 3.39. The van der Waals surface area contributed by atoms with Gasteiger partial charge in [-0.1, -0.05) is 11.6 Å². The van der Waals surface area contributed by atoms with Crippen LogP contribution in [0.15, 0.2) is 18.3 Å². The Morgan fingerprint density at radius 2 is 2.33 bits per heavy atom. The second-order valence-corrected chi connectivity index (χ2v) is 1.95. The minimum absolute atomic E-state index is 0.459. The molecule has 0 atom stereocenters. The van der Waals surface area contributed by atoms with Crippen LogP contribution in [-0.2, 0) is 0 Å². The molecular weight excluding hydrogens is 136 g/mol. The van der Waals surface area contributed by atoms with E-state index in [1.165, 1.54) is 6.21 Å². The van der Waals surface area contributed by atoms with Gasteiger partial charge in [-0.15, -0.1) is 0 Å². The first-order valence-corrected chi connectivity index (χ1v) is 2.83. The van der Waals surface area contributed by atoms with Gasteiger partial charge in [-0.05, 0) is 12.1 Å². The summed E-state index contributed by atoms with van der Waals surface area (Å²) in [6.45, 7) is 0. The monoisotopic (exact) mass is 140 g/mol. The molecule has 0 saturated carbocycles. The van der Waals surface area contributed by atoms with Crippen molar-refractivity contribution in [2.45, 2.75) is 0 Å². The van der Waals surface area contributed by atoms with Crippen molar-refractivity contribution in [2.75, 3.05) is 0 Å². The molecule has 0 fully saturated rings. The minimum atomic E-state index is 0.459. The highest BCUT2D eigenvalue weighted by molar-refractivity contribution is 6.29. The quantitative estimate of drug-likeness (QED) is 0.468. The molecule has 2 nitrogen and oxygen atoms in total. The van der Waals surface area contributed by atoms with Gasteiger partial charge >= 0.3 is 0 Å². The Labute approximate surface area is 58.0 Å². The van der Waals surface area contributed by atoms with E-state index in [4.69, 9.17) is 17.0 Å². The molecule has 1 aromatic rings. The van der Waals surface area contributed by atoms with Gasteiger partial charge in [0.25, 0.3) is 0 Å². The smallest absolute Gasteiger partial charge is 0.129 e. The highest BCUT2D eigenvalue weighted by Crippen LogP contribution is 2.02. The fourth-order valence-corrected chi connectivity index (χ4v) is 0.584. The summed E-state index contributed by atoms with van der Waals surface area (Å²) >= 11 is 5.48. The van der Waals surface area contributed by atoms with E-state index in [-0.39, 0.29) is 0 Å². The molecule has 1 aromatic heterocycles. The molecule has 0 radical (unpaired) electrons. The molecule has 0 spiro atoms. The van der Waals surface area contributed by atoms with Crippen molar-refractivity contribution >= 4 is 17.8 Å². The van der Waals surface area contributed by atoms with Crippen LogP contribution in [0.4, 0.5) is 0 Å². The fourth-order valence-electron chi connectivity index (χ4n) is 0.473. The predicted molar refractivity (Wildman–Crippen MR) is 37.1 cm³/mol. The normalized spacial score (nSPS) is 9.00. The molecule has 1 heterocycles. The number of hydrogen-bond acceptors (Lipinski definition) is 2. The maximum atomic E-state index is 6.81. The number of aromatic nitrogens is 1. The molecule has 0 aliphatic heterocycles.